The van der Waals surface area contributed by atoms with Gasteiger partial charge in [0, 0.05) is 15.6 Å². The summed E-state index contributed by atoms with van der Waals surface area (Å²) in [5.74, 6) is 0.838. The van der Waals surface area contributed by atoms with Gasteiger partial charge < -0.3 is 14.2 Å². The number of carbonyl (C=O) groups is 1. The largest absolute Gasteiger partial charge is 0.493 e. The Hall–Kier alpha value is -3.28. The van der Waals surface area contributed by atoms with Crippen molar-refractivity contribution >= 4 is 41.1 Å². The van der Waals surface area contributed by atoms with Crippen molar-refractivity contribution in [2.75, 3.05) is 7.11 Å². The molecule has 0 unspecified atom stereocenters. The summed E-state index contributed by atoms with van der Waals surface area (Å²) in [5, 5.41) is 1.26. The van der Waals surface area contributed by atoms with Crippen LogP contribution in [0.15, 0.2) is 77.4 Å². The summed E-state index contributed by atoms with van der Waals surface area (Å²) >= 11 is 11.8. The normalized spacial score (nSPS) is 14.4. The third-order valence-corrected chi connectivity index (χ3v) is 5.01. The minimum absolute atomic E-state index is 0.196. The van der Waals surface area contributed by atoms with E-state index in [0.29, 0.717) is 33.7 Å². The Morgan fingerprint density at radius 2 is 1.61 bits per heavy atom. The summed E-state index contributed by atoms with van der Waals surface area (Å²) < 4.78 is 16.6. The maximum Gasteiger partial charge on any atom is 0.363 e. The monoisotopic (exact) mass is 453 g/mol. The molecule has 0 fully saturated rings. The quantitative estimate of drug-likeness (QED) is 0.343. The predicted molar refractivity (Wildman–Crippen MR) is 121 cm³/mol. The van der Waals surface area contributed by atoms with Crippen LogP contribution in [0.2, 0.25) is 10.0 Å². The van der Waals surface area contributed by atoms with E-state index in [2.05, 4.69) is 4.99 Å². The summed E-state index contributed by atoms with van der Waals surface area (Å²) in [5.41, 5.74) is 2.57. The number of ether oxygens (including phenoxy) is 3. The van der Waals surface area contributed by atoms with Crippen molar-refractivity contribution in [3.8, 4) is 11.5 Å². The van der Waals surface area contributed by atoms with Gasteiger partial charge in [-0.05, 0) is 65.7 Å². The predicted octanol–water partition coefficient (Wildman–Crippen LogP) is 5.93. The van der Waals surface area contributed by atoms with E-state index < -0.39 is 5.97 Å². The lowest BCUT2D eigenvalue weighted by molar-refractivity contribution is -0.129. The van der Waals surface area contributed by atoms with E-state index in [4.69, 9.17) is 37.4 Å². The second-order valence-corrected chi connectivity index (χ2v) is 7.54. The van der Waals surface area contributed by atoms with Gasteiger partial charge >= 0.3 is 5.97 Å². The average Bonchev–Trinajstić information content (AvgIpc) is 3.14. The number of rotatable bonds is 6. The van der Waals surface area contributed by atoms with Crippen molar-refractivity contribution in [2.45, 2.75) is 6.61 Å². The van der Waals surface area contributed by atoms with Crippen molar-refractivity contribution in [3.05, 3.63) is 99.2 Å². The molecule has 1 aliphatic rings. The molecule has 4 rings (SSSR count). The molecule has 0 amide bonds. The lowest BCUT2D eigenvalue weighted by atomic mass is 10.1. The van der Waals surface area contributed by atoms with Gasteiger partial charge in [-0.2, -0.15) is 0 Å². The number of esters is 1. The van der Waals surface area contributed by atoms with E-state index in [1.807, 2.05) is 30.3 Å². The molecule has 1 heterocycles. The molecular formula is C24H17Cl2NO4. The molecule has 0 spiro atoms. The van der Waals surface area contributed by atoms with E-state index in [-0.39, 0.29) is 11.6 Å². The number of benzene rings is 3. The van der Waals surface area contributed by atoms with Crippen LogP contribution in [-0.4, -0.2) is 19.0 Å². The topological polar surface area (TPSA) is 57.1 Å². The summed E-state index contributed by atoms with van der Waals surface area (Å²) in [6.07, 6.45) is 1.64. The van der Waals surface area contributed by atoms with Crippen LogP contribution in [0.3, 0.4) is 0 Å². The molecule has 3 aromatic rings. The molecular weight excluding hydrogens is 437 g/mol. The van der Waals surface area contributed by atoms with Gasteiger partial charge in [-0.3, -0.25) is 0 Å². The minimum Gasteiger partial charge on any atom is -0.493 e. The molecule has 7 heteroatoms. The fourth-order valence-electron chi connectivity index (χ4n) is 2.92. The van der Waals surface area contributed by atoms with Crippen molar-refractivity contribution in [1.29, 1.82) is 0 Å². The number of carbonyl (C=O) groups excluding carboxylic acids is 1. The Bertz CT molecular complexity index is 1170. The number of aliphatic imine (C=N–C) groups is 1. The lowest BCUT2D eigenvalue weighted by Gasteiger charge is -2.11. The number of halogens is 2. The second kappa shape index (κ2) is 9.25. The fraction of sp³-hybridized carbons (Fsp3) is 0.0833. The van der Waals surface area contributed by atoms with Crippen molar-refractivity contribution < 1.29 is 19.0 Å². The minimum atomic E-state index is -0.521. The first-order chi connectivity index (χ1) is 15.0. The molecule has 0 saturated carbocycles. The fourth-order valence-corrected chi connectivity index (χ4v) is 3.17. The first kappa shape index (κ1) is 21.0. The molecule has 0 aliphatic carbocycles. The SMILES string of the molecule is COc1cc(/C=C2\N=C(c3ccc(Cl)cc3)OC2=O)ccc1OCc1ccc(Cl)cc1. The smallest absolute Gasteiger partial charge is 0.363 e. The summed E-state index contributed by atoms with van der Waals surface area (Å²) in [7, 11) is 1.56. The van der Waals surface area contributed by atoms with Crippen LogP contribution in [-0.2, 0) is 16.1 Å². The van der Waals surface area contributed by atoms with Gasteiger partial charge in [0.05, 0.1) is 7.11 Å². The Morgan fingerprint density at radius 3 is 2.29 bits per heavy atom. The maximum atomic E-state index is 12.2. The Kier molecular flexibility index (Phi) is 6.26. The zero-order valence-electron chi connectivity index (χ0n) is 16.5. The number of hydrogen-bond donors (Lipinski definition) is 0. The zero-order chi connectivity index (χ0) is 21.8. The summed E-state index contributed by atoms with van der Waals surface area (Å²) in [4.78, 5) is 16.5. The van der Waals surface area contributed by atoms with Crippen LogP contribution in [0.4, 0.5) is 0 Å². The van der Waals surface area contributed by atoms with E-state index in [1.165, 1.54) is 0 Å². The Morgan fingerprint density at radius 1 is 0.935 bits per heavy atom. The highest BCUT2D eigenvalue weighted by Crippen LogP contribution is 2.30. The van der Waals surface area contributed by atoms with E-state index in [9.17, 15) is 4.79 Å². The molecule has 0 atom stereocenters. The van der Waals surface area contributed by atoms with Crippen LogP contribution in [0.5, 0.6) is 11.5 Å². The van der Waals surface area contributed by atoms with Gasteiger partial charge in [0.1, 0.15) is 6.61 Å². The molecule has 0 aromatic heterocycles. The number of hydrogen-bond acceptors (Lipinski definition) is 5. The van der Waals surface area contributed by atoms with Gasteiger partial charge in [-0.15, -0.1) is 0 Å². The molecule has 0 radical (unpaired) electrons. The average molecular weight is 454 g/mol. The molecule has 3 aromatic carbocycles. The van der Waals surface area contributed by atoms with E-state index >= 15 is 0 Å². The molecule has 1 aliphatic heterocycles. The maximum absolute atomic E-state index is 12.2. The third kappa shape index (κ3) is 5.08. The van der Waals surface area contributed by atoms with Crippen LogP contribution in [0.25, 0.3) is 6.08 Å². The van der Waals surface area contributed by atoms with Gasteiger partial charge in [0.15, 0.2) is 17.2 Å². The zero-order valence-corrected chi connectivity index (χ0v) is 18.0. The first-order valence-electron chi connectivity index (χ1n) is 9.35. The van der Waals surface area contributed by atoms with Crippen LogP contribution in [0.1, 0.15) is 16.7 Å². The molecule has 0 N–H and O–H groups in total. The number of methoxy groups -OCH3 is 1. The highest BCUT2D eigenvalue weighted by Gasteiger charge is 2.24. The second-order valence-electron chi connectivity index (χ2n) is 6.67. The highest BCUT2D eigenvalue weighted by molar-refractivity contribution is 6.31. The Balaban J connectivity index is 1.52. The number of cyclic esters (lactones) is 1. The third-order valence-electron chi connectivity index (χ3n) is 4.51. The number of nitrogens with zero attached hydrogens (tertiary/aromatic N) is 1. The van der Waals surface area contributed by atoms with Gasteiger partial charge in [0.2, 0.25) is 5.90 Å². The lowest BCUT2D eigenvalue weighted by Crippen LogP contribution is -2.05. The van der Waals surface area contributed by atoms with Crippen molar-refractivity contribution in [3.63, 3.8) is 0 Å². The van der Waals surface area contributed by atoms with Crippen LogP contribution < -0.4 is 9.47 Å². The molecule has 156 valence electrons. The molecule has 0 bridgehead atoms. The van der Waals surface area contributed by atoms with Gasteiger partial charge in [-0.1, -0.05) is 41.4 Å². The molecule has 0 saturated heterocycles. The Labute approximate surface area is 189 Å². The van der Waals surface area contributed by atoms with Gasteiger partial charge in [0.25, 0.3) is 0 Å². The van der Waals surface area contributed by atoms with Crippen molar-refractivity contribution in [2.24, 2.45) is 4.99 Å². The van der Waals surface area contributed by atoms with Crippen molar-refractivity contribution in [1.82, 2.24) is 0 Å². The van der Waals surface area contributed by atoms with Crippen LogP contribution in [0, 0.1) is 0 Å². The molecule has 5 nitrogen and oxygen atoms in total. The van der Waals surface area contributed by atoms with Crippen LogP contribution >= 0.6 is 23.2 Å². The van der Waals surface area contributed by atoms with Gasteiger partial charge in [-0.25, -0.2) is 9.79 Å². The first-order valence-corrected chi connectivity index (χ1v) is 10.1. The highest BCUT2D eigenvalue weighted by atomic mass is 35.5. The molecule has 31 heavy (non-hydrogen) atoms. The standard InChI is InChI=1S/C24H17Cl2NO4/c1-29-22-13-16(4-11-21(22)30-14-15-2-7-18(25)8-3-15)12-20-24(28)31-23(27-20)17-5-9-19(26)10-6-17/h2-13H,14H2,1H3/b20-12-. The summed E-state index contributed by atoms with van der Waals surface area (Å²) in [6.45, 7) is 0.370. The summed E-state index contributed by atoms with van der Waals surface area (Å²) in [6, 6.07) is 19.7. The van der Waals surface area contributed by atoms with E-state index in [1.54, 1.807) is 49.6 Å². The van der Waals surface area contributed by atoms with E-state index in [0.717, 1.165) is 11.1 Å².